The van der Waals surface area contributed by atoms with Crippen LogP contribution in [-0.4, -0.2) is 9.97 Å². The highest BCUT2D eigenvalue weighted by Crippen LogP contribution is 2.24. The van der Waals surface area contributed by atoms with E-state index >= 15 is 0 Å². The Morgan fingerprint density at radius 1 is 1.33 bits per heavy atom. The van der Waals surface area contributed by atoms with Gasteiger partial charge in [-0.05, 0) is 19.3 Å². The third-order valence-corrected chi connectivity index (χ3v) is 2.04. The van der Waals surface area contributed by atoms with E-state index in [1.165, 1.54) is 0 Å². The standard InChI is InChI=1S/C7H9FN4/c8-7-10-5-3-1-2-4(5)6(11-7)12-9/h1-3,9H2,(H,10,11,12). The Balaban J connectivity index is 2.55. The van der Waals surface area contributed by atoms with Crippen molar-refractivity contribution in [2.75, 3.05) is 5.43 Å². The summed E-state index contributed by atoms with van der Waals surface area (Å²) in [5.41, 5.74) is 4.12. The van der Waals surface area contributed by atoms with Crippen molar-refractivity contribution in [1.82, 2.24) is 9.97 Å². The number of hydrogen-bond donors (Lipinski definition) is 2. The van der Waals surface area contributed by atoms with Crippen LogP contribution in [0.2, 0.25) is 0 Å². The summed E-state index contributed by atoms with van der Waals surface area (Å²) in [7, 11) is 0. The topological polar surface area (TPSA) is 63.8 Å². The molecule has 0 aromatic carbocycles. The Morgan fingerprint density at radius 3 is 2.92 bits per heavy atom. The molecule has 0 aliphatic heterocycles. The fourth-order valence-corrected chi connectivity index (χ4v) is 1.52. The van der Waals surface area contributed by atoms with Crippen LogP contribution >= 0.6 is 0 Å². The molecule has 1 aliphatic rings. The van der Waals surface area contributed by atoms with Gasteiger partial charge in [0.2, 0.25) is 0 Å². The van der Waals surface area contributed by atoms with E-state index in [1.807, 2.05) is 0 Å². The number of hydrogen-bond acceptors (Lipinski definition) is 4. The third-order valence-electron chi connectivity index (χ3n) is 2.04. The van der Waals surface area contributed by atoms with Gasteiger partial charge in [0.15, 0.2) is 0 Å². The van der Waals surface area contributed by atoms with Crippen LogP contribution in [0.4, 0.5) is 10.2 Å². The number of fused-ring (bicyclic) bond motifs is 1. The number of hydrazine groups is 1. The Morgan fingerprint density at radius 2 is 2.17 bits per heavy atom. The summed E-state index contributed by atoms with van der Waals surface area (Å²) in [6.45, 7) is 0. The number of halogens is 1. The molecule has 0 radical (unpaired) electrons. The van der Waals surface area contributed by atoms with Crippen molar-refractivity contribution in [1.29, 1.82) is 0 Å². The number of aryl methyl sites for hydroxylation is 1. The second-order valence-electron chi connectivity index (χ2n) is 2.76. The van der Waals surface area contributed by atoms with Crippen molar-refractivity contribution in [2.45, 2.75) is 19.3 Å². The van der Waals surface area contributed by atoms with Crippen molar-refractivity contribution in [3.63, 3.8) is 0 Å². The zero-order valence-electron chi connectivity index (χ0n) is 6.47. The van der Waals surface area contributed by atoms with Gasteiger partial charge in [0.1, 0.15) is 5.82 Å². The second kappa shape index (κ2) is 2.67. The second-order valence-corrected chi connectivity index (χ2v) is 2.76. The van der Waals surface area contributed by atoms with E-state index in [1.54, 1.807) is 0 Å². The van der Waals surface area contributed by atoms with Crippen molar-refractivity contribution in [3.05, 3.63) is 17.3 Å². The van der Waals surface area contributed by atoms with Gasteiger partial charge in [0.25, 0.3) is 0 Å². The first-order valence-corrected chi connectivity index (χ1v) is 3.83. The van der Waals surface area contributed by atoms with Gasteiger partial charge in [-0.3, -0.25) is 0 Å². The van der Waals surface area contributed by atoms with Crippen molar-refractivity contribution in [3.8, 4) is 0 Å². The molecule has 0 unspecified atom stereocenters. The summed E-state index contributed by atoms with van der Waals surface area (Å²) in [5.74, 6) is 5.61. The average Bonchev–Trinajstić information content (AvgIpc) is 2.50. The first kappa shape index (κ1) is 7.42. The predicted molar refractivity (Wildman–Crippen MR) is 41.8 cm³/mol. The van der Waals surface area contributed by atoms with Crippen molar-refractivity contribution < 1.29 is 4.39 Å². The Labute approximate surface area is 69.0 Å². The zero-order chi connectivity index (χ0) is 8.55. The number of aromatic nitrogens is 2. The van der Waals surface area contributed by atoms with Gasteiger partial charge in [0.05, 0.1) is 5.69 Å². The molecule has 1 aromatic rings. The van der Waals surface area contributed by atoms with Crippen LogP contribution in [0.25, 0.3) is 0 Å². The number of rotatable bonds is 1. The van der Waals surface area contributed by atoms with Gasteiger partial charge in [-0.15, -0.1) is 0 Å². The van der Waals surface area contributed by atoms with Crippen molar-refractivity contribution >= 4 is 5.82 Å². The minimum absolute atomic E-state index is 0.426. The SMILES string of the molecule is NNc1nc(F)nc2c1CCC2. The number of nitrogens with one attached hydrogen (secondary N) is 1. The lowest BCUT2D eigenvalue weighted by Gasteiger charge is -2.04. The van der Waals surface area contributed by atoms with Gasteiger partial charge in [-0.25, -0.2) is 10.8 Å². The lowest BCUT2D eigenvalue weighted by molar-refractivity contribution is 0.534. The Kier molecular flexibility index (Phi) is 1.65. The molecule has 0 fully saturated rings. The van der Waals surface area contributed by atoms with Gasteiger partial charge in [-0.1, -0.05) is 0 Å². The largest absolute Gasteiger partial charge is 0.310 e. The molecular formula is C7H9FN4. The first-order valence-electron chi connectivity index (χ1n) is 3.83. The molecule has 4 nitrogen and oxygen atoms in total. The molecule has 0 saturated heterocycles. The summed E-state index contributed by atoms with van der Waals surface area (Å²) in [6, 6.07) is 0. The quantitative estimate of drug-likeness (QED) is 0.361. The van der Waals surface area contributed by atoms with E-state index in [0.29, 0.717) is 5.82 Å². The van der Waals surface area contributed by atoms with E-state index < -0.39 is 6.08 Å². The van der Waals surface area contributed by atoms with E-state index in [0.717, 1.165) is 30.5 Å². The highest BCUT2D eigenvalue weighted by atomic mass is 19.1. The molecule has 64 valence electrons. The van der Waals surface area contributed by atoms with Gasteiger partial charge in [0, 0.05) is 5.56 Å². The molecule has 0 spiro atoms. The number of nitrogen functional groups attached to an aromatic ring is 1. The minimum atomic E-state index is -0.705. The van der Waals surface area contributed by atoms with Crippen LogP contribution in [-0.2, 0) is 12.8 Å². The molecule has 3 N–H and O–H groups in total. The summed E-state index contributed by atoms with van der Waals surface area (Å²) >= 11 is 0. The van der Waals surface area contributed by atoms with Crippen LogP contribution in [0.5, 0.6) is 0 Å². The van der Waals surface area contributed by atoms with Crippen LogP contribution in [0.1, 0.15) is 17.7 Å². The van der Waals surface area contributed by atoms with Gasteiger partial charge >= 0.3 is 6.08 Å². The molecule has 0 atom stereocenters. The molecule has 0 saturated carbocycles. The number of nitrogens with zero attached hydrogens (tertiary/aromatic N) is 2. The summed E-state index contributed by atoms with van der Waals surface area (Å²) in [4.78, 5) is 7.24. The third kappa shape index (κ3) is 1.02. The Hall–Kier alpha value is -1.23. The van der Waals surface area contributed by atoms with Crippen LogP contribution in [0.3, 0.4) is 0 Å². The van der Waals surface area contributed by atoms with Gasteiger partial charge < -0.3 is 5.43 Å². The molecule has 2 rings (SSSR count). The highest BCUT2D eigenvalue weighted by molar-refractivity contribution is 5.46. The zero-order valence-corrected chi connectivity index (χ0v) is 6.47. The molecule has 12 heavy (non-hydrogen) atoms. The summed E-state index contributed by atoms with van der Waals surface area (Å²) in [5, 5.41) is 0. The smallest absolute Gasteiger partial charge is 0.308 e. The van der Waals surface area contributed by atoms with Gasteiger partial charge in [-0.2, -0.15) is 9.37 Å². The first-order chi connectivity index (χ1) is 5.81. The maximum absolute atomic E-state index is 12.7. The molecule has 0 amide bonds. The predicted octanol–water partition coefficient (Wildman–Crippen LogP) is 0.390. The maximum Gasteiger partial charge on any atom is 0.310 e. The fourth-order valence-electron chi connectivity index (χ4n) is 1.52. The van der Waals surface area contributed by atoms with Crippen LogP contribution < -0.4 is 11.3 Å². The monoisotopic (exact) mass is 168 g/mol. The molecule has 1 aromatic heterocycles. The van der Waals surface area contributed by atoms with E-state index in [4.69, 9.17) is 5.84 Å². The molecule has 0 bridgehead atoms. The normalized spacial score (nSPS) is 14.5. The van der Waals surface area contributed by atoms with E-state index in [9.17, 15) is 4.39 Å². The lowest BCUT2D eigenvalue weighted by Crippen LogP contribution is -2.13. The van der Waals surface area contributed by atoms with E-state index in [-0.39, 0.29) is 0 Å². The minimum Gasteiger partial charge on any atom is -0.308 e. The van der Waals surface area contributed by atoms with Crippen LogP contribution in [0.15, 0.2) is 0 Å². The van der Waals surface area contributed by atoms with E-state index in [2.05, 4.69) is 15.4 Å². The summed E-state index contributed by atoms with van der Waals surface area (Å²) < 4.78 is 12.7. The Bertz CT molecular complexity index is 313. The van der Waals surface area contributed by atoms with Crippen LogP contribution in [0, 0.1) is 6.08 Å². The fraction of sp³-hybridized carbons (Fsp3) is 0.429. The average molecular weight is 168 g/mol. The van der Waals surface area contributed by atoms with Crippen molar-refractivity contribution in [2.24, 2.45) is 5.84 Å². The molecule has 1 aliphatic carbocycles. The number of nitrogens with two attached hydrogens (primary N) is 1. The maximum atomic E-state index is 12.7. The lowest BCUT2D eigenvalue weighted by atomic mass is 10.2. The highest BCUT2D eigenvalue weighted by Gasteiger charge is 2.18. The summed E-state index contributed by atoms with van der Waals surface area (Å²) in [6.07, 6.45) is 2.00. The molecule has 5 heteroatoms. The number of anilines is 1. The molecular weight excluding hydrogens is 159 g/mol. The molecule has 1 heterocycles.